The Balaban J connectivity index is 5.86. The maximum Gasteiger partial charge on any atom is 0.306 e. The summed E-state index contributed by atoms with van der Waals surface area (Å²) in [7, 11) is 0. The Morgan fingerprint density at radius 2 is 2.18 bits per heavy atom. The zero-order valence-electron chi connectivity index (χ0n) is 14.7. The van der Waals surface area contributed by atoms with Crippen molar-refractivity contribution in [3.8, 4) is 0 Å². The number of rotatable bonds is 4. The van der Waals surface area contributed by atoms with Gasteiger partial charge in [0, 0.05) is 0 Å². The molecule has 0 bridgehead atoms. The fourth-order valence-corrected chi connectivity index (χ4v) is 0.582. The lowest BCUT2D eigenvalue weighted by molar-refractivity contribution is -0.873. The van der Waals surface area contributed by atoms with E-state index in [9.17, 15) is 9.90 Å². The number of nitrogens with zero attached hydrogens (tertiary/aromatic N) is 1. The Morgan fingerprint density at radius 3 is 2.55 bits per heavy atom. The Hall–Kier alpha value is -0.610. The molecule has 1 unspecified atom stereocenters. The number of hydrogen-bond acceptors (Lipinski definition) is 2. The lowest BCUT2D eigenvalue weighted by atomic mass is 10.2. The van der Waals surface area contributed by atoms with Crippen molar-refractivity contribution in [2.24, 2.45) is 0 Å². The highest BCUT2D eigenvalue weighted by Crippen LogP contribution is 1.98. The van der Waals surface area contributed by atoms with Crippen LogP contribution < -0.4 is 0 Å². The molecule has 1 atom stereocenters. The Morgan fingerprint density at radius 1 is 1.64 bits per heavy atom. The van der Waals surface area contributed by atoms with Gasteiger partial charge in [-0.25, -0.2) is 0 Å². The van der Waals surface area contributed by atoms with Gasteiger partial charge >= 0.3 is 5.97 Å². The second kappa shape index (κ2) is 3.69. The quantitative estimate of drug-likeness (QED) is 0.562. The van der Waals surface area contributed by atoms with Crippen molar-refractivity contribution in [2.45, 2.75) is 12.5 Å². The summed E-state index contributed by atoms with van der Waals surface area (Å²) in [6.45, 7) is -11.7. The van der Waals surface area contributed by atoms with Crippen LogP contribution in [0.3, 0.4) is 0 Å². The van der Waals surface area contributed by atoms with Crippen LogP contribution >= 0.6 is 0 Å². The van der Waals surface area contributed by atoms with Crippen molar-refractivity contribution in [2.75, 3.05) is 27.5 Å². The number of carboxylic acid groups (broad SMARTS) is 1. The summed E-state index contributed by atoms with van der Waals surface area (Å²) in [5.41, 5.74) is 0. The first kappa shape index (κ1) is 2.71. The van der Waals surface area contributed by atoms with Gasteiger partial charge in [0.05, 0.1) is 39.7 Å². The molecular weight excluding hydrogens is 146 g/mol. The molecule has 0 aromatic carbocycles. The number of aliphatic hydroxyl groups excluding tert-OH is 1. The Bertz CT molecular complexity index is 322. The third kappa shape index (κ3) is 7.29. The minimum Gasteiger partial charge on any atom is -0.481 e. The van der Waals surface area contributed by atoms with Crippen LogP contribution in [0, 0.1) is 0 Å². The number of quaternary nitrogens is 1. The van der Waals surface area contributed by atoms with Crippen LogP contribution in [0.5, 0.6) is 0 Å². The summed E-state index contributed by atoms with van der Waals surface area (Å²) in [5, 5.41) is 18.0. The summed E-state index contributed by atoms with van der Waals surface area (Å²) >= 11 is 0. The first-order valence-corrected chi connectivity index (χ1v) is 2.84. The molecule has 4 heteroatoms. The molecular formula is C7H16NO3+. The second-order valence-corrected chi connectivity index (χ2v) is 2.24. The van der Waals surface area contributed by atoms with Crippen molar-refractivity contribution in [3.63, 3.8) is 0 Å². The SMILES string of the molecule is [2H]C([2H])([2H])[N+](CC(O)CC(=O)O)(C([2H])([2H])[2H])C([2H])([2H])[2H]. The number of carboxylic acids is 1. The lowest BCUT2D eigenvalue weighted by Crippen LogP contribution is -2.42. The molecule has 0 rings (SSSR count). The van der Waals surface area contributed by atoms with Crippen LogP contribution in [-0.4, -0.2) is 54.2 Å². The Labute approximate surface area is 79.3 Å². The molecule has 2 N–H and O–H groups in total. The minimum atomic E-state index is -3.49. The van der Waals surface area contributed by atoms with E-state index in [0.717, 1.165) is 0 Å². The van der Waals surface area contributed by atoms with Crippen LogP contribution in [0.1, 0.15) is 18.8 Å². The van der Waals surface area contributed by atoms with E-state index in [-0.39, 0.29) is 0 Å². The maximum atomic E-state index is 10.5. The van der Waals surface area contributed by atoms with Crippen LogP contribution in [0.25, 0.3) is 0 Å². The molecule has 4 nitrogen and oxygen atoms in total. The predicted molar refractivity (Wildman–Crippen MR) is 41.2 cm³/mol. The molecule has 0 spiro atoms. The third-order valence-corrected chi connectivity index (χ3v) is 0.895. The number of aliphatic carboxylic acids is 1. The molecule has 0 radical (unpaired) electrons. The van der Waals surface area contributed by atoms with Gasteiger partial charge in [-0.15, -0.1) is 0 Å². The van der Waals surface area contributed by atoms with Crippen molar-refractivity contribution in [1.82, 2.24) is 0 Å². The molecule has 0 aliphatic heterocycles. The fraction of sp³-hybridized carbons (Fsp3) is 0.857. The second-order valence-electron chi connectivity index (χ2n) is 2.24. The molecule has 0 aliphatic carbocycles. The molecule has 0 fully saturated rings. The highest BCUT2D eigenvalue weighted by Gasteiger charge is 2.17. The van der Waals surface area contributed by atoms with E-state index < -0.39 is 50.4 Å². The molecule has 0 aromatic heterocycles. The smallest absolute Gasteiger partial charge is 0.306 e. The van der Waals surface area contributed by atoms with E-state index in [1.54, 1.807) is 0 Å². The number of hydrogen-bond donors (Lipinski definition) is 2. The number of aliphatic hydroxyl groups is 1. The van der Waals surface area contributed by atoms with E-state index in [0.29, 0.717) is 0 Å². The van der Waals surface area contributed by atoms with Gasteiger partial charge in [-0.1, -0.05) is 0 Å². The van der Waals surface area contributed by atoms with Gasteiger partial charge in [-0.2, -0.15) is 0 Å². The van der Waals surface area contributed by atoms with Crippen molar-refractivity contribution in [1.29, 1.82) is 0 Å². The van der Waals surface area contributed by atoms with Crippen LogP contribution in [0.2, 0.25) is 0 Å². The van der Waals surface area contributed by atoms with Gasteiger partial charge in [0.1, 0.15) is 12.6 Å². The topological polar surface area (TPSA) is 57.5 Å². The van der Waals surface area contributed by atoms with Crippen LogP contribution in [0.15, 0.2) is 0 Å². The fourth-order valence-electron chi connectivity index (χ4n) is 0.582. The average Bonchev–Trinajstić information content (AvgIpc) is 2.06. The molecule has 0 saturated carbocycles. The molecule has 0 heterocycles. The first-order valence-electron chi connectivity index (χ1n) is 7.34. The summed E-state index contributed by atoms with van der Waals surface area (Å²) in [6, 6.07) is 0. The normalized spacial score (nSPS) is 30.1. The van der Waals surface area contributed by atoms with Gasteiger partial charge < -0.3 is 14.7 Å². The maximum absolute atomic E-state index is 10.5. The van der Waals surface area contributed by atoms with E-state index in [2.05, 4.69) is 0 Å². The number of likely N-dealkylation sites (N-methyl/N-ethyl adjacent to an activating group) is 1. The standard InChI is InChI=1S/C7H15NO3/c1-8(2,3)5-6(9)4-7(10)11/h6,9H,4-5H2,1-3H3/p+1/i1D3,2D3,3D3. The van der Waals surface area contributed by atoms with Gasteiger partial charge in [0.15, 0.2) is 0 Å². The molecule has 0 amide bonds. The molecule has 0 aliphatic rings. The largest absolute Gasteiger partial charge is 0.481 e. The summed E-state index contributed by atoms with van der Waals surface area (Å²) in [6.07, 6.45) is -2.88. The number of carbonyl (C=O) groups is 1. The first-order chi connectivity index (χ1) is 8.56. The van der Waals surface area contributed by atoms with E-state index in [1.165, 1.54) is 0 Å². The zero-order valence-corrected chi connectivity index (χ0v) is 5.74. The van der Waals surface area contributed by atoms with Crippen LogP contribution in [-0.2, 0) is 4.79 Å². The molecule has 11 heavy (non-hydrogen) atoms. The van der Waals surface area contributed by atoms with Crippen LogP contribution in [0.4, 0.5) is 0 Å². The van der Waals surface area contributed by atoms with E-state index in [1.807, 2.05) is 0 Å². The third-order valence-electron chi connectivity index (χ3n) is 0.895. The molecule has 66 valence electrons. The summed E-state index contributed by atoms with van der Waals surface area (Å²) < 4.78 is 62.9. The molecule has 0 saturated heterocycles. The molecule has 0 aromatic rings. The van der Waals surface area contributed by atoms with Gasteiger partial charge in [0.25, 0.3) is 0 Å². The summed E-state index contributed by atoms with van der Waals surface area (Å²) in [5.74, 6) is -1.50. The highest BCUT2D eigenvalue weighted by atomic mass is 16.4. The predicted octanol–water partition coefficient (Wildman–Crippen LogP) is -0.472. The van der Waals surface area contributed by atoms with Gasteiger partial charge in [-0.3, -0.25) is 4.79 Å². The Kier molecular flexibility index (Phi) is 0.908. The van der Waals surface area contributed by atoms with Crippen molar-refractivity contribution < 1.29 is 31.8 Å². The van der Waals surface area contributed by atoms with Gasteiger partial charge in [0.2, 0.25) is 0 Å². The van der Waals surface area contributed by atoms with Gasteiger partial charge in [-0.05, 0) is 0 Å². The monoisotopic (exact) mass is 171 g/mol. The van der Waals surface area contributed by atoms with E-state index >= 15 is 0 Å². The zero-order chi connectivity index (χ0) is 16.6. The minimum absolute atomic E-state index is 0.956. The lowest BCUT2D eigenvalue weighted by Gasteiger charge is -2.25. The van der Waals surface area contributed by atoms with Crippen molar-refractivity contribution >= 4 is 5.97 Å². The average molecular weight is 171 g/mol. The summed E-state index contributed by atoms with van der Waals surface area (Å²) in [4.78, 5) is 10.5. The van der Waals surface area contributed by atoms with E-state index in [4.69, 9.17) is 17.4 Å². The highest BCUT2D eigenvalue weighted by molar-refractivity contribution is 5.67. The van der Waals surface area contributed by atoms with Crippen molar-refractivity contribution in [3.05, 3.63) is 0 Å².